The molecule has 0 saturated carbocycles. The summed E-state index contributed by atoms with van der Waals surface area (Å²) in [5, 5.41) is 8.50. The molecule has 0 unspecified atom stereocenters. The molecule has 5 aromatic rings. The van der Waals surface area contributed by atoms with Gasteiger partial charge in [-0.25, -0.2) is 0 Å². The summed E-state index contributed by atoms with van der Waals surface area (Å²) in [5.41, 5.74) is 1.18. The van der Waals surface area contributed by atoms with E-state index in [0.717, 1.165) is 0 Å². The van der Waals surface area contributed by atoms with E-state index >= 15 is 0 Å². The number of fused-ring (bicyclic) bond motifs is 4. The number of aromatic nitrogens is 1. The van der Waals surface area contributed by atoms with E-state index in [1.54, 1.807) is 9.70 Å². The van der Waals surface area contributed by atoms with Crippen molar-refractivity contribution in [2.45, 2.75) is 0 Å². The molecule has 1 nitrogen and oxygen atoms in total. The van der Waals surface area contributed by atoms with Gasteiger partial charge in [-0.2, -0.15) is 0 Å². The average molecular weight is 504 g/mol. The van der Waals surface area contributed by atoms with Crippen LogP contribution in [0, 0.1) is 0 Å². The zero-order valence-electron chi connectivity index (χ0n) is 16.4. The second kappa shape index (κ2) is 8.58. The summed E-state index contributed by atoms with van der Waals surface area (Å²) in [6.45, 7) is 4.79. The smallest absolute Gasteiger partial charge is 0 e. The average Bonchev–Trinajstić information content (AvgIpc) is 2.73. The molecule has 0 aliphatic heterocycles. The van der Waals surface area contributed by atoms with Gasteiger partial charge >= 0.3 is 173 Å². The first-order valence-electron chi connectivity index (χ1n) is 9.66. The maximum atomic E-state index is 4.71. The summed E-state index contributed by atoms with van der Waals surface area (Å²) < 4.78 is 2.99. The summed E-state index contributed by atoms with van der Waals surface area (Å²) in [5.74, 6) is 0. The van der Waals surface area contributed by atoms with Gasteiger partial charge in [0.25, 0.3) is 0 Å². The Kier molecular flexibility index (Phi) is 6.09. The minimum Gasteiger partial charge on any atom is 0 e. The molecule has 0 aliphatic rings. The van der Waals surface area contributed by atoms with Gasteiger partial charge in [0.1, 0.15) is 0 Å². The number of hydrogen-bond acceptors (Lipinski definition) is 1. The van der Waals surface area contributed by atoms with E-state index in [1.807, 2.05) is 12.3 Å². The molecule has 4 aromatic carbocycles. The molecule has 0 atom stereocenters. The van der Waals surface area contributed by atoms with Crippen LogP contribution >= 0.6 is 7.92 Å². The van der Waals surface area contributed by atoms with Crippen LogP contribution in [-0.2, 0) is 17.1 Å². The predicted octanol–water partition coefficient (Wildman–Crippen LogP) is 4.03. The monoisotopic (exact) mass is 504 g/mol. The maximum Gasteiger partial charge on any atom is 0 e. The number of pyridine rings is 1. The molecule has 0 spiro atoms. The normalized spacial score (nSPS) is 11.3. The van der Waals surface area contributed by atoms with Crippen molar-refractivity contribution < 1.29 is 17.1 Å². The van der Waals surface area contributed by atoms with Gasteiger partial charge in [0.05, 0.1) is 0 Å². The van der Waals surface area contributed by atoms with Crippen LogP contribution in [0.25, 0.3) is 32.4 Å². The first kappa shape index (κ1) is 20.6. The second-order valence-corrected chi connectivity index (χ2v) is 13.2. The van der Waals surface area contributed by atoms with E-state index in [0.29, 0.717) is 0 Å². The fourth-order valence-electron chi connectivity index (χ4n) is 4.13. The minimum absolute atomic E-state index is 0. The van der Waals surface area contributed by atoms with Crippen LogP contribution < -0.4 is 14.1 Å². The van der Waals surface area contributed by atoms with Gasteiger partial charge in [-0.15, -0.1) is 0 Å². The number of nitrogens with zero attached hydrogens (tertiary/aromatic N) is 1. The van der Waals surface area contributed by atoms with E-state index in [2.05, 4.69) is 86.1 Å². The van der Waals surface area contributed by atoms with Crippen LogP contribution in [0.1, 0.15) is 0 Å². The number of hydrogen-bond donors (Lipinski definition) is 0. The second-order valence-electron chi connectivity index (χ2n) is 7.48. The zero-order chi connectivity index (χ0) is 19.1. The third kappa shape index (κ3) is 3.76. The van der Waals surface area contributed by atoms with Gasteiger partial charge in [0.15, 0.2) is 0 Å². The van der Waals surface area contributed by atoms with E-state index in [-0.39, 0.29) is 17.1 Å². The van der Waals surface area contributed by atoms with E-state index < -0.39 is 23.4 Å². The molecule has 0 N–H and O–H groups in total. The molecule has 0 saturated heterocycles. The largest absolute Gasteiger partial charge is 0 e. The molecule has 1 aromatic heterocycles. The molecule has 0 bridgehead atoms. The van der Waals surface area contributed by atoms with Crippen LogP contribution in [0.3, 0.4) is 0 Å². The number of para-hydroxylation sites is 1. The van der Waals surface area contributed by atoms with E-state index in [4.69, 9.17) is 4.98 Å². The molecule has 4 heteroatoms. The van der Waals surface area contributed by atoms with E-state index in [9.17, 15) is 0 Å². The van der Waals surface area contributed by atoms with Gasteiger partial charge in [-0.3, -0.25) is 0 Å². The predicted molar refractivity (Wildman–Crippen MR) is 129 cm³/mol. The van der Waals surface area contributed by atoms with Crippen LogP contribution in [-0.4, -0.2) is 33.7 Å². The number of benzene rings is 4. The molecule has 2 radical (unpaired) electrons. The fourth-order valence-corrected chi connectivity index (χ4v) is 8.65. The fraction of sp³-hybridized carbons (Fsp3) is 0.0800. The molecule has 5 rings (SSSR count). The third-order valence-electron chi connectivity index (χ3n) is 5.43. The van der Waals surface area contributed by atoms with Crippen LogP contribution in [0.2, 0.25) is 0 Å². The Labute approximate surface area is 189 Å². The van der Waals surface area contributed by atoms with Crippen molar-refractivity contribution in [1.82, 2.24) is 4.98 Å². The molecular formula is C25H22CuGeNP+. The summed E-state index contributed by atoms with van der Waals surface area (Å²) in [4.78, 5) is 4.71. The maximum absolute atomic E-state index is 4.71. The summed E-state index contributed by atoms with van der Waals surface area (Å²) >= 11 is -0.852. The molecule has 29 heavy (non-hydrogen) atoms. The molecule has 146 valence electrons. The van der Waals surface area contributed by atoms with Gasteiger partial charge in [0.2, 0.25) is 0 Å². The van der Waals surface area contributed by atoms with Crippen molar-refractivity contribution in [3.63, 3.8) is 0 Å². The first-order chi connectivity index (χ1) is 13.7. The molecular weight excluding hydrogens is 481 g/mol. The SMILES string of the molecule is C[PH+](C)c1cccc2ccc3ccc[c]([GeH][c]4cccc5cccnc45)c3c12.[Cu]. The van der Waals surface area contributed by atoms with Crippen LogP contribution in [0.15, 0.2) is 85.1 Å². The van der Waals surface area contributed by atoms with Crippen molar-refractivity contribution in [2.75, 3.05) is 13.3 Å². The first-order valence-corrected chi connectivity index (χ1v) is 14.6. The molecule has 0 amide bonds. The Bertz CT molecular complexity index is 1330. The zero-order valence-corrected chi connectivity index (χ0v) is 20.8. The molecule has 0 fully saturated rings. The third-order valence-corrected chi connectivity index (χ3v) is 10.2. The molecule has 0 aliphatic carbocycles. The standard InChI is InChI=1S/C25H21GeNP.Cu/c1-28(2)22-13-5-8-18-15-14-17-7-3-11-20(23(17)24(18)22)26-21-12-4-9-19-10-6-16-27-25(19)21;/h3-16,26H,1-2H3;/p+1. The Morgan fingerprint density at radius 3 is 2.03 bits per heavy atom. The van der Waals surface area contributed by atoms with Crippen LogP contribution in [0.4, 0.5) is 0 Å². The summed E-state index contributed by atoms with van der Waals surface area (Å²) in [6.07, 6.45) is 1.92. The van der Waals surface area contributed by atoms with Crippen molar-refractivity contribution in [1.29, 1.82) is 0 Å². The topological polar surface area (TPSA) is 12.9 Å². The van der Waals surface area contributed by atoms with Crippen molar-refractivity contribution in [2.24, 2.45) is 0 Å². The van der Waals surface area contributed by atoms with Crippen molar-refractivity contribution >= 4 is 69.9 Å². The summed E-state index contributed by atoms with van der Waals surface area (Å²) in [6, 6.07) is 29.1. The Morgan fingerprint density at radius 2 is 1.28 bits per heavy atom. The molecule has 1 heterocycles. The van der Waals surface area contributed by atoms with E-state index in [1.165, 1.54) is 36.8 Å². The van der Waals surface area contributed by atoms with Gasteiger partial charge < -0.3 is 0 Å². The van der Waals surface area contributed by atoms with Crippen molar-refractivity contribution in [3.05, 3.63) is 85.1 Å². The van der Waals surface area contributed by atoms with Gasteiger partial charge in [0, 0.05) is 17.1 Å². The Balaban J connectivity index is 0.00000205. The minimum atomic E-state index is -0.852. The number of rotatable bonds is 3. The van der Waals surface area contributed by atoms with Gasteiger partial charge in [-0.1, -0.05) is 0 Å². The Morgan fingerprint density at radius 1 is 0.655 bits per heavy atom. The van der Waals surface area contributed by atoms with Crippen LogP contribution in [0.5, 0.6) is 0 Å². The quantitative estimate of drug-likeness (QED) is 0.206. The Hall–Kier alpha value is -1.70. The summed E-state index contributed by atoms with van der Waals surface area (Å²) in [7, 11) is -0.545. The van der Waals surface area contributed by atoms with Crippen molar-refractivity contribution in [3.8, 4) is 0 Å². The van der Waals surface area contributed by atoms with Gasteiger partial charge in [-0.05, 0) is 0 Å².